The number of aromatic nitrogens is 1. The number of benzene rings is 2. The monoisotopic (exact) mass is 651 g/mol. The number of methoxy groups -OCH3 is 1. The number of pyridine rings is 1. The van der Waals surface area contributed by atoms with E-state index in [1.165, 1.54) is 18.9 Å². The summed E-state index contributed by atoms with van der Waals surface area (Å²) in [6.45, 7) is 2.89. The molecular formula is C30H31F6N7O3. The maximum absolute atomic E-state index is 13.6. The van der Waals surface area contributed by atoms with E-state index in [2.05, 4.69) is 10.6 Å². The Morgan fingerprint density at radius 2 is 1.72 bits per heavy atom. The van der Waals surface area contributed by atoms with Crippen LogP contribution in [0.3, 0.4) is 0 Å². The largest absolute Gasteiger partial charge is 0.496 e. The normalized spacial score (nSPS) is 18.8. The summed E-state index contributed by atoms with van der Waals surface area (Å²) in [5.74, 6) is 6.58. The first-order valence-corrected chi connectivity index (χ1v) is 14.2. The van der Waals surface area contributed by atoms with E-state index in [9.17, 15) is 31.1 Å². The van der Waals surface area contributed by atoms with E-state index in [1.807, 2.05) is 23.1 Å². The number of amidine groups is 1. The number of anilines is 1. The van der Waals surface area contributed by atoms with Gasteiger partial charge < -0.3 is 20.1 Å². The second kappa shape index (κ2) is 12.6. The minimum absolute atomic E-state index is 0.0354. The van der Waals surface area contributed by atoms with Crippen LogP contribution in [-0.4, -0.2) is 48.1 Å². The van der Waals surface area contributed by atoms with Gasteiger partial charge in [0.05, 0.1) is 36.5 Å². The van der Waals surface area contributed by atoms with E-state index >= 15 is 0 Å². The predicted molar refractivity (Wildman–Crippen MR) is 156 cm³/mol. The number of hydrogen-bond acceptors (Lipinski definition) is 8. The maximum atomic E-state index is 13.6. The topological polar surface area (TPSA) is 131 Å². The Hall–Kier alpha value is -4.73. The third-order valence-corrected chi connectivity index (χ3v) is 7.94. The van der Waals surface area contributed by atoms with Gasteiger partial charge in [-0.05, 0) is 66.9 Å². The standard InChI is InChI=1S/C30H31F6N7O3/c1-16-27(18-12-19(29(31,32)33)14-20(13-18)30(34,35)36)46-28(44)43(16)15-23-21(5-7-26(39-23)42-8-3-9-42)22-10-17(4-6-24(22)45-2)11-25(37)40-41-38/h4-7,10,12-14,16,27,41H,3,8-9,11,15,38H2,1-2H3,(H2,37,40)/t16-,27-/m0/s1. The molecule has 1 amide bonds. The molecule has 2 atom stereocenters. The molecule has 0 spiro atoms. The quantitative estimate of drug-likeness (QED) is 0.0927. The predicted octanol–water partition coefficient (Wildman–Crippen LogP) is 5.36. The molecule has 0 unspecified atom stereocenters. The van der Waals surface area contributed by atoms with E-state index in [1.54, 1.807) is 12.1 Å². The van der Waals surface area contributed by atoms with Crippen molar-refractivity contribution >= 4 is 17.7 Å². The third-order valence-electron chi connectivity index (χ3n) is 7.94. The lowest BCUT2D eigenvalue weighted by atomic mass is 9.96. The van der Waals surface area contributed by atoms with E-state index in [-0.39, 0.29) is 24.9 Å². The zero-order valence-corrected chi connectivity index (χ0v) is 24.7. The van der Waals surface area contributed by atoms with Gasteiger partial charge in [-0.3, -0.25) is 4.90 Å². The molecule has 2 fully saturated rings. The molecule has 2 saturated heterocycles. The highest BCUT2D eigenvalue weighted by Crippen LogP contribution is 2.42. The van der Waals surface area contributed by atoms with Gasteiger partial charge in [0, 0.05) is 30.6 Å². The van der Waals surface area contributed by atoms with Crippen LogP contribution in [0.4, 0.5) is 37.0 Å². The van der Waals surface area contributed by atoms with E-state index < -0.39 is 47.3 Å². The fourth-order valence-corrected chi connectivity index (χ4v) is 5.45. The van der Waals surface area contributed by atoms with Gasteiger partial charge >= 0.3 is 18.4 Å². The van der Waals surface area contributed by atoms with Gasteiger partial charge in [-0.25, -0.2) is 21.2 Å². The fraction of sp³-hybridized carbons (Fsp3) is 0.367. The summed E-state index contributed by atoms with van der Waals surface area (Å²) < 4.78 is 92.5. The molecule has 246 valence electrons. The molecule has 1 aromatic heterocycles. The smallest absolute Gasteiger partial charge is 0.416 e. The van der Waals surface area contributed by atoms with Gasteiger partial charge in [0.15, 0.2) is 0 Å². The molecule has 3 heterocycles. The maximum Gasteiger partial charge on any atom is 0.416 e. The number of hydrazine groups is 1. The van der Waals surface area contributed by atoms with Gasteiger partial charge in [0.25, 0.3) is 0 Å². The molecule has 5 rings (SSSR count). The number of halogens is 6. The molecule has 0 aliphatic carbocycles. The highest BCUT2D eigenvalue weighted by Gasteiger charge is 2.43. The van der Waals surface area contributed by atoms with Crippen LogP contribution in [0.25, 0.3) is 11.1 Å². The van der Waals surface area contributed by atoms with Crippen LogP contribution in [0.15, 0.2) is 53.6 Å². The molecule has 0 saturated carbocycles. The summed E-state index contributed by atoms with van der Waals surface area (Å²) in [7, 11) is 1.49. The lowest BCUT2D eigenvalue weighted by Crippen LogP contribution is -2.38. The van der Waals surface area contributed by atoms with Gasteiger partial charge in [-0.2, -0.15) is 31.4 Å². The number of cyclic esters (lactones) is 1. The summed E-state index contributed by atoms with van der Waals surface area (Å²) >= 11 is 0. The van der Waals surface area contributed by atoms with E-state index in [0.717, 1.165) is 25.1 Å². The Balaban J connectivity index is 1.54. The zero-order chi connectivity index (χ0) is 33.4. The number of carbonyl (C=O) groups excluding carboxylic acids is 1. The number of ether oxygens (including phenoxy) is 2. The number of hydrazone groups is 1. The van der Waals surface area contributed by atoms with Crippen molar-refractivity contribution in [3.8, 4) is 16.9 Å². The third kappa shape index (κ3) is 6.76. The molecule has 0 bridgehead atoms. The first-order valence-electron chi connectivity index (χ1n) is 14.2. The second-order valence-electron chi connectivity index (χ2n) is 11.0. The van der Waals surface area contributed by atoms with Crippen LogP contribution in [0.1, 0.15) is 47.4 Å². The summed E-state index contributed by atoms with van der Waals surface area (Å²) in [5, 5.41) is 3.77. The lowest BCUT2D eigenvalue weighted by molar-refractivity contribution is -0.143. The molecule has 2 aromatic carbocycles. The van der Waals surface area contributed by atoms with Crippen molar-refractivity contribution in [3.63, 3.8) is 0 Å². The molecule has 2 aliphatic rings. The zero-order valence-electron chi connectivity index (χ0n) is 24.7. The van der Waals surface area contributed by atoms with Gasteiger partial charge in [0.2, 0.25) is 0 Å². The molecule has 16 heteroatoms. The van der Waals surface area contributed by atoms with Crippen molar-refractivity contribution in [2.75, 3.05) is 25.1 Å². The van der Waals surface area contributed by atoms with Crippen molar-refractivity contribution in [1.29, 1.82) is 0 Å². The lowest BCUT2D eigenvalue weighted by Gasteiger charge is -2.33. The number of nitrogens with zero attached hydrogens (tertiary/aromatic N) is 4. The van der Waals surface area contributed by atoms with Crippen molar-refractivity contribution in [2.24, 2.45) is 16.7 Å². The number of nitrogens with one attached hydrogen (secondary N) is 1. The minimum Gasteiger partial charge on any atom is -0.496 e. The highest BCUT2D eigenvalue weighted by atomic mass is 19.4. The molecular weight excluding hydrogens is 620 g/mol. The summed E-state index contributed by atoms with van der Waals surface area (Å²) in [6.07, 6.45) is -11.2. The van der Waals surface area contributed by atoms with Crippen molar-refractivity contribution in [3.05, 3.63) is 76.5 Å². The molecule has 3 aromatic rings. The van der Waals surface area contributed by atoms with Gasteiger partial charge in [0.1, 0.15) is 23.5 Å². The summed E-state index contributed by atoms with van der Waals surface area (Å²) in [5.41, 5.74) is 7.00. The summed E-state index contributed by atoms with van der Waals surface area (Å²) in [4.78, 5) is 21.3. The average Bonchev–Trinajstić information content (AvgIpc) is 3.24. The van der Waals surface area contributed by atoms with Crippen LogP contribution >= 0.6 is 0 Å². The SMILES string of the molecule is COc1ccc(C/C(N)=N/NN)cc1-c1ccc(N2CCC2)nc1CN1C(=O)O[C@H](c2cc(C(F)(F)F)cc(C(F)(F)F)c2)[C@@H]1C. The Morgan fingerprint density at radius 3 is 2.28 bits per heavy atom. The van der Waals surface area contributed by atoms with Gasteiger partial charge in [-0.1, -0.05) is 6.07 Å². The average molecular weight is 652 g/mol. The van der Waals surface area contributed by atoms with Crippen molar-refractivity contribution in [1.82, 2.24) is 15.4 Å². The van der Waals surface area contributed by atoms with E-state index in [0.29, 0.717) is 40.5 Å². The molecule has 5 N–H and O–H groups in total. The van der Waals surface area contributed by atoms with Crippen molar-refractivity contribution < 1.29 is 40.6 Å². The number of nitrogens with two attached hydrogens (primary N) is 2. The Kier molecular flexibility index (Phi) is 8.93. The molecule has 0 radical (unpaired) electrons. The number of carbonyl (C=O) groups is 1. The fourth-order valence-electron chi connectivity index (χ4n) is 5.45. The van der Waals surface area contributed by atoms with Crippen LogP contribution in [0.2, 0.25) is 0 Å². The highest BCUT2D eigenvalue weighted by molar-refractivity contribution is 5.83. The first kappa shape index (κ1) is 32.7. The van der Waals surface area contributed by atoms with Crippen LogP contribution in [0, 0.1) is 0 Å². The molecule has 2 aliphatic heterocycles. The van der Waals surface area contributed by atoms with Gasteiger partial charge in [-0.15, -0.1) is 0 Å². The first-order chi connectivity index (χ1) is 21.7. The molecule has 10 nitrogen and oxygen atoms in total. The van der Waals surface area contributed by atoms with Crippen molar-refractivity contribution in [2.45, 2.75) is 50.8 Å². The number of hydrogen-bond donors (Lipinski definition) is 3. The minimum atomic E-state index is -5.05. The summed E-state index contributed by atoms with van der Waals surface area (Å²) in [6, 6.07) is 9.22. The number of alkyl halides is 6. The Morgan fingerprint density at radius 1 is 1.04 bits per heavy atom. The van der Waals surface area contributed by atoms with Crippen LogP contribution in [0.5, 0.6) is 5.75 Å². The van der Waals surface area contributed by atoms with Crippen LogP contribution < -0.4 is 26.7 Å². The Labute approximate surface area is 259 Å². The van der Waals surface area contributed by atoms with E-state index in [4.69, 9.17) is 26.0 Å². The second-order valence-corrected chi connectivity index (χ2v) is 11.0. The Bertz CT molecular complexity index is 1610. The number of rotatable bonds is 9. The molecule has 46 heavy (non-hydrogen) atoms. The number of amides is 1. The van der Waals surface area contributed by atoms with Crippen LogP contribution in [-0.2, 0) is 30.1 Å².